The van der Waals surface area contributed by atoms with Gasteiger partial charge in [-0.25, -0.2) is 19.1 Å². The first-order chi connectivity index (χ1) is 17.0. The first-order valence-electron chi connectivity index (χ1n) is 10.9. The van der Waals surface area contributed by atoms with Crippen molar-refractivity contribution < 1.29 is 14.0 Å². The van der Waals surface area contributed by atoms with E-state index in [0.717, 1.165) is 20.9 Å². The van der Waals surface area contributed by atoms with Gasteiger partial charge in [-0.2, -0.15) is 0 Å². The van der Waals surface area contributed by atoms with Gasteiger partial charge in [-0.05, 0) is 49.2 Å². The number of halogens is 4. The van der Waals surface area contributed by atoms with Crippen LogP contribution in [0.1, 0.15) is 11.1 Å². The molecule has 6 nitrogen and oxygen atoms in total. The Balaban J connectivity index is 1.98. The highest BCUT2D eigenvalue weighted by Crippen LogP contribution is 2.43. The van der Waals surface area contributed by atoms with Crippen molar-refractivity contribution in [3.63, 3.8) is 0 Å². The van der Waals surface area contributed by atoms with E-state index in [4.69, 9.17) is 34.8 Å². The predicted octanol–water partition coefficient (Wildman–Crippen LogP) is 6.77. The summed E-state index contributed by atoms with van der Waals surface area (Å²) in [6.45, 7) is 3.79. The second-order valence-corrected chi connectivity index (χ2v) is 10.6. The largest absolute Gasteiger partial charge is 0.337 e. The summed E-state index contributed by atoms with van der Waals surface area (Å²) in [5.74, 6) is -1.82. The lowest BCUT2D eigenvalue weighted by Crippen LogP contribution is -2.43. The lowest BCUT2D eigenvalue weighted by Gasteiger charge is -2.37. The predicted molar refractivity (Wildman–Crippen MR) is 143 cm³/mol. The maximum absolute atomic E-state index is 14.7. The summed E-state index contributed by atoms with van der Waals surface area (Å²) in [4.78, 5) is 34.2. The molecule has 0 spiro atoms. The molecule has 1 aliphatic rings. The minimum absolute atomic E-state index is 0.139. The number of aliphatic imine (C=N–C) groups is 1. The second-order valence-electron chi connectivity index (χ2n) is 8.24. The number of alkyl halides is 3. The van der Waals surface area contributed by atoms with Crippen LogP contribution < -0.4 is 9.80 Å². The Kier molecular flexibility index (Phi) is 7.27. The molecule has 0 aromatic heterocycles. The van der Waals surface area contributed by atoms with Gasteiger partial charge in [-0.1, -0.05) is 83.3 Å². The number of hydrogen-bond acceptors (Lipinski definition) is 4. The number of para-hydroxylation sites is 3. The number of hydrogen-bond donors (Lipinski definition) is 0. The average Bonchev–Trinajstić information content (AvgIpc) is 3.04. The van der Waals surface area contributed by atoms with Crippen LogP contribution in [0.15, 0.2) is 77.8 Å². The number of rotatable bonds is 5. The molecule has 1 heterocycles. The van der Waals surface area contributed by atoms with E-state index in [-0.39, 0.29) is 11.5 Å². The van der Waals surface area contributed by atoms with Gasteiger partial charge < -0.3 is 4.90 Å². The molecule has 0 aliphatic carbocycles. The van der Waals surface area contributed by atoms with E-state index in [1.54, 1.807) is 11.0 Å². The van der Waals surface area contributed by atoms with Crippen LogP contribution >= 0.6 is 34.8 Å². The third kappa shape index (κ3) is 4.78. The van der Waals surface area contributed by atoms with Crippen LogP contribution in [0, 0.1) is 19.7 Å². The molecule has 1 aliphatic heterocycles. The first kappa shape index (κ1) is 25.9. The van der Waals surface area contributed by atoms with Gasteiger partial charge in [-0.3, -0.25) is 9.69 Å². The average molecular weight is 548 g/mol. The Morgan fingerprint density at radius 2 is 1.36 bits per heavy atom. The first-order valence-corrected chi connectivity index (χ1v) is 12.1. The summed E-state index contributed by atoms with van der Waals surface area (Å²) >= 11 is 19.5. The van der Waals surface area contributed by atoms with E-state index in [9.17, 15) is 14.0 Å². The van der Waals surface area contributed by atoms with Crippen molar-refractivity contribution >= 4 is 69.6 Å². The molecule has 1 atom stereocenters. The smallest absolute Gasteiger partial charge is 0.314 e. The zero-order chi connectivity index (χ0) is 26.2. The molecule has 0 N–H and O–H groups in total. The lowest BCUT2D eigenvalue weighted by atomic mass is 10.1. The lowest BCUT2D eigenvalue weighted by molar-refractivity contribution is -0.119. The Morgan fingerprint density at radius 1 is 0.861 bits per heavy atom. The molecule has 0 saturated carbocycles. The van der Waals surface area contributed by atoms with E-state index in [2.05, 4.69) is 4.99 Å². The van der Waals surface area contributed by atoms with Gasteiger partial charge in [0.2, 0.25) is 9.63 Å². The number of nitrogens with zero attached hydrogens (tertiary/aromatic N) is 4. The molecule has 1 fully saturated rings. The number of urea groups is 1. The topological polar surface area (TPSA) is 56.2 Å². The van der Waals surface area contributed by atoms with Crippen molar-refractivity contribution in [3.05, 3.63) is 89.7 Å². The molecule has 4 rings (SSSR count). The Bertz CT molecular complexity index is 1310. The molecule has 3 aromatic carbocycles. The van der Waals surface area contributed by atoms with E-state index < -0.39 is 27.7 Å². The molecule has 0 radical (unpaired) electrons. The van der Waals surface area contributed by atoms with Crippen LogP contribution in [0.25, 0.3) is 0 Å². The fourth-order valence-electron chi connectivity index (χ4n) is 3.99. The summed E-state index contributed by atoms with van der Waals surface area (Å²) in [5.41, 5.74) is 2.93. The van der Waals surface area contributed by atoms with Crippen LogP contribution in [0.2, 0.25) is 0 Å². The van der Waals surface area contributed by atoms with Gasteiger partial charge in [-0.15, -0.1) is 0 Å². The van der Waals surface area contributed by atoms with E-state index in [1.165, 1.54) is 25.2 Å². The van der Waals surface area contributed by atoms with Gasteiger partial charge in [0.25, 0.3) is 5.91 Å². The van der Waals surface area contributed by atoms with E-state index >= 15 is 0 Å². The monoisotopic (exact) mass is 546 g/mol. The zero-order valence-electron chi connectivity index (χ0n) is 19.6. The maximum Gasteiger partial charge on any atom is 0.337 e. The fourth-order valence-corrected chi connectivity index (χ4v) is 4.43. The Morgan fingerprint density at radius 3 is 1.86 bits per heavy atom. The van der Waals surface area contributed by atoms with Crippen molar-refractivity contribution in [1.29, 1.82) is 0 Å². The number of aryl methyl sites for hydroxylation is 2. The van der Waals surface area contributed by atoms with Crippen LogP contribution in [0.3, 0.4) is 0 Å². The molecule has 3 amide bonds. The molecule has 36 heavy (non-hydrogen) atoms. The van der Waals surface area contributed by atoms with Crippen molar-refractivity contribution in [2.45, 2.75) is 23.8 Å². The quantitative estimate of drug-likeness (QED) is 0.261. The molecule has 1 unspecified atom stereocenters. The third-order valence-corrected chi connectivity index (χ3v) is 6.40. The standard InChI is InChI=1S/C26H22Cl3FN4O2/c1-16-10-4-7-13-19(16)33(20-14-8-5-11-17(20)2)24(26(27,28)29)31-22-23(35)32(3)25(36)34(22)21-15-9-6-12-18(21)30/h4-15,24H,1-3H3/b31-22+. The summed E-state index contributed by atoms with van der Waals surface area (Å²) in [5, 5.41) is 0. The maximum atomic E-state index is 14.7. The Hall–Kier alpha value is -3.13. The number of imide groups is 1. The summed E-state index contributed by atoms with van der Waals surface area (Å²) in [6, 6.07) is 19.7. The van der Waals surface area contributed by atoms with Gasteiger partial charge in [0.05, 0.1) is 5.69 Å². The van der Waals surface area contributed by atoms with Gasteiger partial charge in [0.1, 0.15) is 5.82 Å². The van der Waals surface area contributed by atoms with Crippen molar-refractivity contribution in [2.75, 3.05) is 16.8 Å². The normalized spacial score (nSPS) is 16.1. The van der Waals surface area contributed by atoms with Crippen LogP contribution in [0.5, 0.6) is 0 Å². The van der Waals surface area contributed by atoms with Gasteiger partial charge in [0, 0.05) is 18.4 Å². The number of amides is 3. The fraction of sp³-hybridized carbons (Fsp3) is 0.192. The molecule has 0 bridgehead atoms. The third-order valence-electron chi connectivity index (χ3n) is 5.81. The minimum atomic E-state index is -2.07. The molecular formula is C26H22Cl3FN4O2. The number of carbonyl (C=O) groups excluding carboxylic acids is 2. The zero-order valence-corrected chi connectivity index (χ0v) is 21.9. The summed E-state index contributed by atoms with van der Waals surface area (Å²) < 4.78 is 12.7. The second kappa shape index (κ2) is 10.1. The summed E-state index contributed by atoms with van der Waals surface area (Å²) in [7, 11) is 1.28. The summed E-state index contributed by atoms with van der Waals surface area (Å²) in [6.07, 6.45) is -1.31. The van der Waals surface area contributed by atoms with Gasteiger partial charge in [0.15, 0.2) is 6.17 Å². The number of carbonyl (C=O) groups is 2. The molecule has 186 valence electrons. The number of anilines is 3. The number of amidine groups is 1. The van der Waals surface area contributed by atoms with Gasteiger partial charge >= 0.3 is 6.03 Å². The number of benzene rings is 3. The van der Waals surface area contributed by atoms with Crippen molar-refractivity contribution in [2.24, 2.45) is 4.99 Å². The van der Waals surface area contributed by atoms with Crippen molar-refractivity contribution in [1.82, 2.24) is 4.90 Å². The van der Waals surface area contributed by atoms with Crippen LogP contribution in [-0.4, -0.2) is 39.7 Å². The van der Waals surface area contributed by atoms with Crippen LogP contribution in [0.4, 0.5) is 26.2 Å². The molecule has 1 saturated heterocycles. The van der Waals surface area contributed by atoms with Crippen LogP contribution in [-0.2, 0) is 4.79 Å². The number of likely N-dealkylation sites (N-methyl/N-ethyl adjacent to an activating group) is 1. The van der Waals surface area contributed by atoms with E-state index in [1.807, 2.05) is 62.4 Å². The molecule has 3 aromatic rings. The highest BCUT2D eigenvalue weighted by atomic mass is 35.6. The molecule has 10 heteroatoms. The van der Waals surface area contributed by atoms with E-state index in [0.29, 0.717) is 11.4 Å². The highest BCUT2D eigenvalue weighted by molar-refractivity contribution is 6.68. The molecular weight excluding hydrogens is 526 g/mol. The minimum Gasteiger partial charge on any atom is -0.314 e. The SMILES string of the molecule is Cc1ccccc1N(c1ccccc1C)C(/N=C1\C(=O)N(C)C(=O)N1c1ccccc1F)C(Cl)(Cl)Cl. The Labute approximate surface area is 223 Å². The van der Waals surface area contributed by atoms with Crippen molar-refractivity contribution in [3.8, 4) is 0 Å². The highest BCUT2D eigenvalue weighted by Gasteiger charge is 2.46.